The lowest BCUT2D eigenvalue weighted by Crippen LogP contribution is -2.10. The zero-order valence-electron chi connectivity index (χ0n) is 13.1. The Hall–Kier alpha value is -3.13. The fourth-order valence-corrected chi connectivity index (χ4v) is 2.17. The van der Waals surface area contributed by atoms with E-state index in [1.807, 2.05) is 0 Å². The number of nitrogens with zero attached hydrogens (tertiary/aromatic N) is 3. The molecule has 0 atom stereocenters. The van der Waals surface area contributed by atoms with Gasteiger partial charge in [0.2, 0.25) is 5.95 Å². The van der Waals surface area contributed by atoms with Gasteiger partial charge in [-0.15, -0.1) is 0 Å². The molecule has 2 heterocycles. The Morgan fingerprint density at radius 1 is 1.04 bits per heavy atom. The zero-order valence-corrected chi connectivity index (χ0v) is 13.1. The smallest absolute Gasteiger partial charge is 0.225 e. The molecular formula is C17H15F2N5O. The van der Waals surface area contributed by atoms with Gasteiger partial charge >= 0.3 is 0 Å². The predicted octanol–water partition coefficient (Wildman–Crippen LogP) is 2.96. The normalized spacial score (nSPS) is 10.5. The molecule has 0 radical (unpaired) electrons. The van der Waals surface area contributed by atoms with Gasteiger partial charge in [-0.1, -0.05) is 6.07 Å². The molecule has 1 aromatic carbocycles. The van der Waals surface area contributed by atoms with E-state index in [2.05, 4.69) is 25.6 Å². The molecule has 0 saturated carbocycles. The van der Waals surface area contributed by atoms with Crippen molar-refractivity contribution >= 4 is 17.5 Å². The highest BCUT2D eigenvalue weighted by atomic mass is 19.1. The summed E-state index contributed by atoms with van der Waals surface area (Å²) in [6.45, 7) is 0.134. The molecule has 0 aliphatic rings. The number of pyridine rings is 1. The van der Waals surface area contributed by atoms with E-state index < -0.39 is 11.6 Å². The van der Waals surface area contributed by atoms with E-state index in [0.717, 1.165) is 12.1 Å². The summed E-state index contributed by atoms with van der Waals surface area (Å²) < 4.78 is 27.7. The highest BCUT2D eigenvalue weighted by Gasteiger charge is 2.12. The molecule has 0 aliphatic heterocycles. The maximum absolute atomic E-state index is 13.9. The van der Waals surface area contributed by atoms with Crippen LogP contribution in [-0.2, 0) is 0 Å². The van der Waals surface area contributed by atoms with Gasteiger partial charge in [-0.05, 0) is 24.3 Å². The fraction of sp³-hybridized carbons (Fsp3) is 0.118. The Kier molecular flexibility index (Phi) is 5.10. The van der Waals surface area contributed by atoms with Crippen molar-refractivity contribution in [2.45, 2.75) is 0 Å². The first kappa shape index (κ1) is 16.7. The predicted molar refractivity (Wildman–Crippen MR) is 90.5 cm³/mol. The van der Waals surface area contributed by atoms with Gasteiger partial charge in [-0.3, -0.25) is 4.98 Å². The molecule has 8 heteroatoms. The minimum Gasteiger partial charge on any atom is -0.395 e. The van der Waals surface area contributed by atoms with E-state index in [0.29, 0.717) is 11.3 Å². The number of benzene rings is 1. The van der Waals surface area contributed by atoms with Crippen LogP contribution in [0.4, 0.5) is 26.2 Å². The first-order valence-corrected chi connectivity index (χ1v) is 7.52. The Bertz CT molecular complexity index is 841. The molecule has 0 amide bonds. The van der Waals surface area contributed by atoms with Crippen LogP contribution in [0.25, 0.3) is 11.3 Å². The molecule has 3 N–H and O–H groups in total. The monoisotopic (exact) mass is 343 g/mol. The van der Waals surface area contributed by atoms with E-state index in [1.165, 1.54) is 6.07 Å². The standard InChI is InChI=1S/C17H15F2N5O/c18-12-4-1-5-13(19)16(12)23-15-9-14(11-3-2-6-20-10-11)22-17(24-15)21-7-8-25/h1-6,9-10,25H,7-8H2,(H2,21,22,23,24). The number of hydrogen-bond donors (Lipinski definition) is 3. The van der Waals surface area contributed by atoms with Crippen LogP contribution in [0.3, 0.4) is 0 Å². The molecule has 128 valence electrons. The van der Waals surface area contributed by atoms with E-state index in [9.17, 15) is 8.78 Å². The summed E-state index contributed by atoms with van der Waals surface area (Å²) in [5.74, 6) is -1.04. The van der Waals surface area contributed by atoms with E-state index in [-0.39, 0.29) is 30.6 Å². The number of aromatic nitrogens is 3. The lowest BCUT2D eigenvalue weighted by Gasteiger charge is -2.12. The molecule has 0 fully saturated rings. The summed E-state index contributed by atoms with van der Waals surface area (Å²) >= 11 is 0. The summed E-state index contributed by atoms with van der Waals surface area (Å²) in [6.07, 6.45) is 3.25. The summed E-state index contributed by atoms with van der Waals surface area (Å²) in [6, 6.07) is 8.71. The van der Waals surface area contributed by atoms with E-state index in [4.69, 9.17) is 5.11 Å². The summed E-state index contributed by atoms with van der Waals surface area (Å²) in [4.78, 5) is 12.5. The van der Waals surface area contributed by atoms with Gasteiger partial charge in [0.25, 0.3) is 0 Å². The highest BCUT2D eigenvalue weighted by Crippen LogP contribution is 2.26. The molecule has 0 aliphatic carbocycles. The Morgan fingerprint density at radius 3 is 2.52 bits per heavy atom. The van der Waals surface area contributed by atoms with Crippen molar-refractivity contribution in [1.29, 1.82) is 0 Å². The fourth-order valence-electron chi connectivity index (χ4n) is 2.17. The van der Waals surface area contributed by atoms with Gasteiger partial charge in [0, 0.05) is 30.6 Å². The lowest BCUT2D eigenvalue weighted by atomic mass is 10.2. The van der Waals surface area contributed by atoms with Gasteiger partial charge in [-0.25, -0.2) is 13.8 Å². The van der Waals surface area contributed by atoms with Gasteiger partial charge in [-0.2, -0.15) is 4.98 Å². The molecule has 0 unspecified atom stereocenters. The van der Waals surface area contributed by atoms with Gasteiger partial charge in [0.1, 0.15) is 23.1 Å². The van der Waals surface area contributed by atoms with Crippen LogP contribution in [0.2, 0.25) is 0 Å². The number of para-hydroxylation sites is 1. The van der Waals surface area contributed by atoms with Crippen LogP contribution in [0.1, 0.15) is 0 Å². The lowest BCUT2D eigenvalue weighted by molar-refractivity contribution is 0.311. The first-order chi connectivity index (χ1) is 12.2. The SMILES string of the molecule is OCCNc1nc(Nc2c(F)cccc2F)cc(-c2cccnc2)n1. The number of aliphatic hydroxyl groups excluding tert-OH is 1. The van der Waals surface area contributed by atoms with Crippen molar-refractivity contribution in [1.82, 2.24) is 15.0 Å². The number of hydrogen-bond acceptors (Lipinski definition) is 6. The van der Waals surface area contributed by atoms with Crippen LogP contribution >= 0.6 is 0 Å². The van der Waals surface area contributed by atoms with Crippen molar-refractivity contribution in [2.75, 3.05) is 23.8 Å². The Morgan fingerprint density at radius 2 is 1.84 bits per heavy atom. The van der Waals surface area contributed by atoms with Crippen molar-refractivity contribution in [2.24, 2.45) is 0 Å². The molecular weight excluding hydrogens is 328 g/mol. The molecule has 0 saturated heterocycles. The number of aliphatic hydroxyl groups is 1. The topological polar surface area (TPSA) is 83.0 Å². The van der Waals surface area contributed by atoms with E-state index >= 15 is 0 Å². The van der Waals surface area contributed by atoms with Crippen LogP contribution in [0.5, 0.6) is 0 Å². The first-order valence-electron chi connectivity index (χ1n) is 7.52. The minimum absolute atomic E-state index is 0.106. The van der Waals surface area contributed by atoms with Gasteiger partial charge < -0.3 is 15.7 Å². The third kappa shape index (κ3) is 4.04. The third-order valence-electron chi connectivity index (χ3n) is 3.29. The van der Waals surface area contributed by atoms with Crippen LogP contribution in [0.15, 0.2) is 48.8 Å². The maximum atomic E-state index is 13.9. The Balaban J connectivity index is 2.00. The molecule has 2 aromatic heterocycles. The van der Waals surface area contributed by atoms with Crippen LogP contribution in [-0.4, -0.2) is 33.2 Å². The van der Waals surface area contributed by atoms with Crippen molar-refractivity contribution in [3.8, 4) is 11.3 Å². The molecule has 0 spiro atoms. The second kappa shape index (κ2) is 7.63. The van der Waals surface area contributed by atoms with Crippen molar-refractivity contribution in [3.63, 3.8) is 0 Å². The average molecular weight is 343 g/mol. The highest BCUT2D eigenvalue weighted by molar-refractivity contribution is 5.67. The molecule has 3 rings (SSSR count). The summed E-state index contributed by atoms with van der Waals surface area (Å²) in [7, 11) is 0. The van der Waals surface area contributed by atoms with Gasteiger partial charge in [0.15, 0.2) is 0 Å². The Labute approximate surface area is 142 Å². The summed E-state index contributed by atoms with van der Waals surface area (Å²) in [5, 5.41) is 14.4. The van der Waals surface area contributed by atoms with Crippen molar-refractivity contribution < 1.29 is 13.9 Å². The molecule has 3 aromatic rings. The third-order valence-corrected chi connectivity index (χ3v) is 3.29. The number of anilines is 3. The number of halogens is 2. The molecule has 6 nitrogen and oxygen atoms in total. The quantitative estimate of drug-likeness (QED) is 0.638. The van der Waals surface area contributed by atoms with Gasteiger partial charge in [0.05, 0.1) is 12.3 Å². The largest absolute Gasteiger partial charge is 0.395 e. The maximum Gasteiger partial charge on any atom is 0.225 e. The zero-order chi connectivity index (χ0) is 17.6. The average Bonchev–Trinajstić information content (AvgIpc) is 2.64. The molecule has 25 heavy (non-hydrogen) atoms. The molecule has 0 bridgehead atoms. The second-order valence-electron chi connectivity index (χ2n) is 5.08. The van der Waals surface area contributed by atoms with Crippen LogP contribution < -0.4 is 10.6 Å². The minimum atomic E-state index is -0.730. The summed E-state index contributed by atoms with van der Waals surface area (Å²) in [5.41, 5.74) is 0.934. The van der Waals surface area contributed by atoms with E-state index in [1.54, 1.807) is 30.6 Å². The van der Waals surface area contributed by atoms with Crippen molar-refractivity contribution in [3.05, 3.63) is 60.4 Å². The number of nitrogens with one attached hydrogen (secondary N) is 2. The number of rotatable bonds is 6. The second-order valence-corrected chi connectivity index (χ2v) is 5.08. The van der Waals surface area contributed by atoms with Crippen LogP contribution in [0, 0.1) is 11.6 Å².